The average Bonchev–Trinajstić information content (AvgIpc) is 3.52. The van der Waals surface area contributed by atoms with E-state index in [0.29, 0.717) is 5.82 Å². The van der Waals surface area contributed by atoms with Gasteiger partial charge in [-0.05, 0) is 55.2 Å². The van der Waals surface area contributed by atoms with Gasteiger partial charge < -0.3 is 4.74 Å². The predicted octanol–water partition coefficient (Wildman–Crippen LogP) is 6.00. The van der Waals surface area contributed by atoms with Crippen molar-refractivity contribution in [2.45, 2.75) is 43.9 Å². The minimum atomic E-state index is -3.32. The third-order valence-corrected chi connectivity index (χ3v) is 8.42. The quantitative estimate of drug-likeness (QED) is 0.265. The molecular formula is C28H30N2O4S2. The number of carbonyl (C=O) groups is 1. The van der Waals surface area contributed by atoms with Gasteiger partial charge in [-0.15, -0.1) is 11.3 Å². The Morgan fingerprint density at radius 1 is 1.08 bits per heavy atom. The number of aromatic nitrogens is 2. The number of rotatable bonds is 8. The molecule has 36 heavy (non-hydrogen) atoms. The summed E-state index contributed by atoms with van der Waals surface area (Å²) in [5, 5.41) is 0.871. The second-order valence-corrected chi connectivity index (χ2v) is 12.2. The number of thiophene rings is 1. The summed E-state index contributed by atoms with van der Waals surface area (Å²) in [6.45, 7) is 8.05. The summed E-state index contributed by atoms with van der Waals surface area (Å²) in [6.07, 6.45) is 3.18. The first kappa shape index (κ1) is 25.9. The fourth-order valence-corrected chi connectivity index (χ4v) is 5.72. The van der Waals surface area contributed by atoms with E-state index in [1.807, 2.05) is 66.2 Å². The zero-order valence-corrected chi connectivity index (χ0v) is 22.7. The Morgan fingerprint density at radius 3 is 2.44 bits per heavy atom. The van der Waals surface area contributed by atoms with Crippen LogP contribution in [0.5, 0.6) is 0 Å². The molecule has 1 unspecified atom stereocenters. The average molecular weight is 523 g/mol. The van der Waals surface area contributed by atoms with E-state index in [-0.39, 0.29) is 23.4 Å². The summed E-state index contributed by atoms with van der Waals surface area (Å²) in [5.74, 6) is 0.364. The normalized spacial score (nSPS) is 13.5. The summed E-state index contributed by atoms with van der Waals surface area (Å²) in [5.41, 5.74) is 1.34. The number of benzene rings is 2. The van der Waals surface area contributed by atoms with Gasteiger partial charge in [-0.3, -0.25) is 9.36 Å². The van der Waals surface area contributed by atoms with E-state index < -0.39 is 15.3 Å². The molecule has 0 N–H and O–H groups in total. The highest BCUT2D eigenvalue weighted by molar-refractivity contribution is 7.90. The summed E-state index contributed by atoms with van der Waals surface area (Å²) in [4.78, 5) is 19.6. The number of ether oxygens (including phenoxy) is 1. The molecule has 8 heteroatoms. The molecule has 0 aliphatic heterocycles. The molecule has 0 amide bonds. The van der Waals surface area contributed by atoms with Gasteiger partial charge in [0.05, 0.1) is 17.2 Å². The molecule has 0 fully saturated rings. The zero-order valence-electron chi connectivity index (χ0n) is 21.1. The number of hydrogen-bond acceptors (Lipinski definition) is 6. The van der Waals surface area contributed by atoms with Crippen LogP contribution in [0.15, 0.2) is 77.8 Å². The Morgan fingerprint density at radius 2 is 1.81 bits per heavy atom. The van der Waals surface area contributed by atoms with Crippen molar-refractivity contribution in [2.75, 3.05) is 12.9 Å². The van der Waals surface area contributed by atoms with Crippen LogP contribution in [0, 0.1) is 0 Å². The SMILES string of the molecule is CCOC(=O)C(C)(c1ccccc1)c1nc(C(C)C)cn1-c1ccc(-c2cccc(S(C)(=O)=O)c2)s1. The third kappa shape index (κ3) is 4.88. The van der Waals surface area contributed by atoms with Gasteiger partial charge in [0, 0.05) is 17.3 Å². The molecule has 188 valence electrons. The number of hydrogen-bond donors (Lipinski definition) is 0. The van der Waals surface area contributed by atoms with Crippen molar-refractivity contribution in [3.05, 3.63) is 90.0 Å². The smallest absolute Gasteiger partial charge is 0.324 e. The molecule has 0 radical (unpaired) electrons. The topological polar surface area (TPSA) is 78.3 Å². The van der Waals surface area contributed by atoms with Crippen molar-refractivity contribution in [1.29, 1.82) is 0 Å². The van der Waals surface area contributed by atoms with E-state index in [2.05, 4.69) is 13.8 Å². The van der Waals surface area contributed by atoms with Crippen LogP contribution >= 0.6 is 11.3 Å². The van der Waals surface area contributed by atoms with E-state index in [1.54, 1.807) is 25.1 Å². The number of imidazole rings is 1. The van der Waals surface area contributed by atoms with Gasteiger partial charge in [-0.1, -0.05) is 56.3 Å². The summed E-state index contributed by atoms with van der Waals surface area (Å²) < 4.78 is 31.6. The van der Waals surface area contributed by atoms with Crippen LogP contribution in [0.1, 0.15) is 50.7 Å². The summed E-state index contributed by atoms with van der Waals surface area (Å²) in [7, 11) is -3.32. The highest BCUT2D eigenvalue weighted by atomic mass is 32.2. The molecule has 6 nitrogen and oxygen atoms in total. The lowest BCUT2D eigenvalue weighted by atomic mass is 9.81. The van der Waals surface area contributed by atoms with Crippen LogP contribution in [0.3, 0.4) is 0 Å². The van der Waals surface area contributed by atoms with Gasteiger partial charge in [0.2, 0.25) is 0 Å². The van der Waals surface area contributed by atoms with Gasteiger partial charge in [0.1, 0.15) is 16.2 Å². The largest absolute Gasteiger partial charge is 0.465 e. The second kappa shape index (κ2) is 10.0. The highest BCUT2D eigenvalue weighted by Gasteiger charge is 2.43. The zero-order chi connectivity index (χ0) is 26.1. The lowest BCUT2D eigenvalue weighted by molar-refractivity contribution is -0.148. The van der Waals surface area contributed by atoms with Gasteiger partial charge >= 0.3 is 5.97 Å². The minimum Gasteiger partial charge on any atom is -0.465 e. The molecule has 2 aromatic heterocycles. The van der Waals surface area contributed by atoms with Crippen molar-refractivity contribution in [3.63, 3.8) is 0 Å². The van der Waals surface area contributed by atoms with Crippen LogP contribution < -0.4 is 0 Å². The molecule has 4 rings (SSSR count). The highest BCUT2D eigenvalue weighted by Crippen LogP contribution is 2.38. The molecule has 2 aromatic carbocycles. The molecule has 2 heterocycles. The van der Waals surface area contributed by atoms with Crippen molar-refractivity contribution < 1.29 is 17.9 Å². The van der Waals surface area contributed by atoms with Crippen LogP contribution in [0.25, 0.3) is 15.4 Å². The Kier molecular flexibility index (Phi) is 7.20. The maximum atomic E-state index is 13.5. The monoisotopic (exact) mass is 522 g/mol. The molecule has 0 saturated heterocycles. The van der Waals surface area contributed by atoms with Gasteiger partial charge in [-0.25, -0.2) is 13.4 Å². The maximum Gasteiger partial charge on any atom is 0.324 e. The van der Waals surface area contributed by atoms with Crippen molar-refractivity contribution in [2.24, 2.45) is 0 Å². The first-order valence-corrected chi connectivity index (χ1v) is 14.5. The molecule has 4 aromatic rings. The van der Waals surface area contributed by atoms with Crippen LogP contribution in [-0.4, -0.2) is 36.8 Å². The number of nitrogens with zero attached hydrogens (tertiary/aromatic N) is 2. The Balaban J connectivity index is 1.89. The first-order chi connectivity index (χ1) is 17.1. The molecule has 0 aliphatic rings. The fourth-order valence-electron chi connectivity index (χ4n) is 4.07. The lowest BCUT2D eigenvalue weighted by Crippen LogP contribution is -2.38. The summed E-state index contributed by atoms with van der Waals surface area (Å²) in [6, 6.07) is 20.4. The Labute approximate surface area is 216 Å². The van der Waals surface area contributed by atoms with Crippen LogP contribution in [-0.2, 0) is 24.8 Å². The predicted molar refractivity (Wildman–Crippen MR) is 144 cm³/mol. The van der Waals surface area contributed by atoms with E-state index in [0.717, 1.165) is 26.7 Å². The second-order valence-electron chi connectivity index (χ2n) is 9.16. The first-order valence-electron chi connectivity index (χ1n) is 11.8. The molecule has 1 atom stereocenters. The van der Waals surface area contributed by atoms with Crippen molar-refractivity contribution in [3.8, 4) is 15.4 Å². The lowest BCUT2D eigenvalue weighted by Gasteiger charge is -2.27. The molecule has 0 saturated carbocycles. The minimum absolute atomic E-state index is 0.151. The fraction of sp³-hybridized carbons (Fsp3) is 0.286. The molecule has 0 spiro atoms. The van der Waals surface area contributed by atoms with Crippen molar-refractivity contribution >= 4 is 27.1 Å². The molecule has 0 bridgehead atoms. The van der Waals surface area contributed by atoms with Crippen LogP contribution in [0.4, 0.5) is 0 Å². The van der Waals surface area contributed by atoms with Gasteiger partial charge in [0.15, 0.2) is 9.84 Å². The van der Waals surface area contributed by atoms with Crippen LogP contribution in [0.2, 0.25) is 0 Å². The van der Waals surface area contributed by atoms with Gasteiger partial charge in [0.25, 0.3) is 0 Å². The van der Waals surface area contributed by atoms with E-state index in [9.17, 15) is 13.2 Å². The summed E-state index contributed by atoms with van der Waals surface area (Å²) >= 11 is 1.51. The standard InChI is InChI=1S/C28H30N2O4S2/c1-6-34-27(31)28(4,21-12-8-7-9-13-21)26-29-23(19(2)3)18-30(26)25-16-15-24(35-25)20-11-10-14-22(17-20)36(5,32)33/h7-19H,6H2,1-5H3. The third-order valence-electron chi connectivity index (χ3n) is 6.17. The number of sulfone groups is 1. The Bertz CT molecular complexity index is 1490. The van der Waals surface area contributed by atoms with E-state index in [1.165, 1.54) is 17.6 Å². The maximum absolute atomic E-state index is 13.5. The number of esters is 1. The van der Waals surface area contributed by atoms with E-state index in [4.69, 9.17) is 9.72 Å². The van der Waals surface area contributed by atoms with Crippen molar-refractivity contribution in [1.82, 2.24) is 9.55 Å². The Hall–Kier alpha value is -3.23. The molecular weight excluding hydrogens is 492 g/mol. The molecule has 0 aliphatic carbocycles. The van der Waals surface area contributed by atoms with Gasteiger partial charge in [-0.2, -0.15) is 0 Å². The van der Waals surface area contributed by atoms with E-state index >= 15 is 0 Å². The number of carbonyl (C=O) groups excluding carboxylic acids is 1.